The summed E-state index contributed by atoms with van der Waals surface area (Å²) < 4.78 is 14.0. The molecule has 14 rings (SSSR count). The van der Waals surface area contributed by atoms with E-state index in [1.807, 2.05) is 17.4 Å². The van der Waals surface area contributed by atoms with Crippen LogP contribution in [0.15, 0.2) is 227 Å². The quantitative estimate of drug-likeness (QED) is 0.131. The van der Waals surface area contributed by atoms with Crippen LogP contribution in [0.1, 0.15) is 31.2 Å². The van der Waals surface area contributed by atoms with E-state index in [4.69, 9.17) is 9.41 Å². The second kappa shape index (κ2) is 16.3. The number of rotatable bonds is 6. The lowest BCUT2D eigenvalue weighted by Crippen LogP contribution is -2.12. The second-order valence-electron chi connectivity index (χ2n) is 18.4. The lowest BCUT2D eigenvalue weighted by Gasteiger charge is -2.15. The average Bonchev–Trinajstić information content (AvgIpc) is 4.10. The zero-order chi connectivity index (χ0) is 46.3. The Labute approximate surface area is 407 Å². The molecule has 1 N–H and O–H groups in total. The molecule has 1 aliphatic rings. The monoisotopic (exact) mass is 916 g/mol. The third-order valence-corrected chi connectivity index (χ3v) is 15.5. The van der Waals surface area contributed by atoms with Gasteiger partial charge in [-0.3, -0.25) is 9.98 Å². The van der Waals surface area contributed by atoms with Gasteiger partial charge in [0, 0.05) is 58.9 Å². The normalized spacial score (nSPS) is 13.7. The number of fused-ring (bicyclic) bond motifs is 14. The van der Waals surface area contributed by atoms with E-state index in [0.29, 0.717) is 6.42 Å². The van der Waals surface area contributed by atoms with Gasteiger partial charge >= 0.3 is 0 Å². The standard InChI is InChI=1S/C64H44N4OS/c65-64(66-54(28-15-19-40-17-3-1-2-4-18-40)42-33-36-60-52(37-42)49-26-10-14-32-59(49)70-60)68-56-30-12-8-24-47(56)51-35-34-50-46-23-7-11-29-55(46)67(61(50)62(51)68)57-39-43(45-27-16-21-41-20-5-6-22-44(41)45)38-53-48-25-9-13-31-58(48)69-63(53)57/h3,5-27,29-39,65H,1-2,4,28H2/b19-15+,65-64?,66-54+. The lowest BCUT2D eigenvalue weighted by molar-refractivity contribution is 0.666. The van der Waals surface area contributed by atoms with Crippen molar-refractivity contribution < 1.29 is 4.42 Å². The SMILES string of the molecule is N=C(/N=C(\C/C=C/C1=CCCCC=C1)c1ccc2sc3ccccc3c2c1)n1c2ccccc2c2ccc3c4ccccc4n(-c4cc(-c5cccc6ccccc56)cc5c4oc4ccccc45)c3c21. The van der Waals surface area contributed by atoms with Gasteiger partial charge in [0.2, 0.25) is 5.96 Å². The minimum atomic E-state index is 0.154. The smallest absolute Gasteiger partial charge is 0.227 e. The molecule has 1 aliphatic carbocycles. The highest BCUT2D eigenvalue weighted by atomic mass is 32.1. The largest absolute Gasteiger partial charge is 0.454 e. The second-order valence-corrected chi connectivity index (χ2v) is 19.5. The first-order chi connectivity index (χ1) is 34.6. The van der Waals surface area contributed by atoms with Crippen molar-refractivity contribution in [3.05, 3.63) is 224 Å². The van der Waals surface area contributed by atoms with E-state index in [9.17, 15) is 5.41 Å². The Morgan fingerprint density at radius 1 is 0.600 bits per heavy atom. The minimum absolute atomic E-state index is 0.154. The summed E-state index contributed by atoms with van der Waals surface area (Å²) in [5.74, 6) is 0.154. The fourth-order valence-electron chi connectivity index (χ4n) is 11.1. The zero-order valence-electron chi connectivity index (χ0n) is 38.2. The zero-order valence-corrected chi connectivity index (χ0v) is 39.0. The number of aliphatic imine (C=N–C) groups is 1. The molecule has 0 unspecified atom stereocenters. The summed E-state index contributed by atoms with van der Waals surface area (Å²) in [7, 11) is 0. The summed E-state index contributed by atoms with van der Waals surface area (Å²) in [6.07, 6.45) is 15.1. The highest BCUT2D eigenvalue weighted by Gasteiger charge is 2.25. The van der Waals surface area contributed by atoms with E-state index in [0.717, 1.165) is 113 Å². The van der Waals surface area contributed by atoms with E-state index in [1.54, 1.807) is 0 Å². The topological polar surface area (TPSA) is 59.2 Å². The number of benzene rings is 9. The van der Waals surface area contributed by atoms with Gasteiger partial charge in [-0.25, -0.2) is 4.99 Å². The molecule has 0 aliphatic heterocycles. The van der Waals surface area contributed by atoms with Crippen molar-refractivity contribution in [2.24, 2.45) is 4.99 Å². The van der Waals surface area contributed by atoms with E-state index in [1.165, 1.54) is 36.5 Å². The molecule has 70 heavy (non-hydrogen) atoms. The number of thiophene rings is 1. The Morgan fingerprint density at radius 3 is 2.20 bits per heavy atom. The van der Waals surface area contributed by atoms with Gasteiger partial charge in [0.25, 0.3) is 0 Å². The molecular formula is C64H44N4OS. The van der Waals surface area contributed by atoms with Gasteiger partial charge < -0.3 is 8.98 Å². The number of hydrogen-bond donors (Lipinski definition) is 1. The molecular weight excluding hydrogens is 873 g/mol. The van der Waals surface area contributed by atoms with Crippen LogP contribution < -0.4 is 0 Å². The number of allylic oxidation sites excluding steroid dienone is 6. The van der Waals surface area contributed by atoms with Crippen molar-refractivity contribution in [3.63, 3.8) is 0 Å². The van der Waals surface area contributed by atoms with E-state index < -0.39 is 0 Å². The maximum atomic E-state index is 10.3. The number of nitrogens with zero attached hydrogens (tertiary/aromatic N) is 3. The van der Waals surface area contributed by atoms with Crippen LogP contribution in [-0.4, -0.2) is 20.8 Å². The number of furan rings is 1. The first-order valence-electron chi connectivity index (χ1n) is 24.2. The maximum Gasteiger partial charge on any atom is 0.227 e. The van der Waals surface area contributed by atoms with Gasteiger partial charge in [-0.05, 0) is 101 Å². The van der Waals surface area contributed by atoms with Crippen molar-refractivity contribution in [2.45, 2.75) is 25.7 Å². The van der Waals surface area contributed by atoms with Gasteiger partial charge in [0.1, 0.15) is 5.58 Å². The van der Waals surface area contributed by atoms with Gasteiger partial charge in [-0.2, -0.15) is 0 Å². The lowest BCUT2D eigenvalue weighted by atomic mass is 9.96. The first-order valence-corrected chi connectivity index (χ1v) is 25.0. The van der Waals surface area contributed by atoms with Crippen molar-refractivity contribution >= 4 is 120 Å². The molecule has 332 valence electrons. The molecule has 4 heterocycles. The predicted octanol–water partition coefficient (Wildman–Crippen LogP) is 17.9. The van der Waals surface area contributed by atoms with E-state index >= 15 is 0 Å². The van der Waals surface area contributed by atoms with Gasteiger partial charge in [0.05, 0.1) is 33.5 Å². The summed E-state index contributed by atoms with van der Waals surface area (Å²) in [5, 5.41) is 21.6. The molecule has 0 saturated carbocycles. The van der Waals surface area contributed by atoms with Crippen molar-refractivity contribution in [1.29, 1.82) is 5.41 Å². The number of hydrogen-bond acceptors (Lipinski definition) is 3. The van der Waals surface area contributed by atoms with Crippen LogP contribution in [0, 0.1) is 5.41 Å². The Balaban J connectivity index is 1.05. The van der Waals surface area contributed by atoms with Gasteiger partial charge in [0.15, 0.2) is 5.58 Å². The van der Waals surface area contributed by atoms with Gasteiger partial charge in [-0.1, -0.05) is 164 Å². The summed E-state index contributed by atoms with van der Waals surface area (Å²) in [6, 6.07) is 65.1. The highest BCUT2D eigenvalue weighted by Crippen LogP contribution is 2.45. The maximum absolute atomic E-state index is 10.3. The molecule has 0 spiro atoms. The summed E-state index contributed by atoms with van der Waals surface area (Å²) in [4.78, 5) is 5.44. The molecule has 0 bridgehead atoms. The molecule has 5 nitrogen and oxygen atoms in total. The molecule has 13 aromatic rings. The van der Waals surface area contributed by atoms with Crippen LogP contribution in [-0.2, 0) is 0 Å². The summed E-state index contributed by atoms with van der Waals surface area (Å²) in [6.45, 7) is 0. The Kier molecular flexibility index (Phi) is 9.42. The summed E-state index contributed by atoms with van der Waals surface area (Å²) in [5.41, 5.74) is 11.8. The number of nitrogens with one attached hydrogen (secondary N) is 1. The Bertz CT molecular complexity index is 4450. The fraction of sp³-hybridized carbons (Fsp3) is 0.0625. The fourth-order valence-corrected chi connectivity index (χ4v) is 12.2. The summed E-state index contributed by atoms with van der Waals surface area (Å²) >= 11 is 1.81. The number of para-hydroxylation sites is 3. The highest BCUT2D eigenvalue weighted by molar-refractivity contribution is 7.25. The van der Waals surface area contributed by atoms with Gasteiger partial charge in [-0.15, -0.1) is 11.3 Å². The molecule has 6 heteroatoms. The van der Waals surface area contributed by atoms with Crippen LogP contribution >= 0.6 is 11.3 Å². The van der Waals surface area contributed by atoms with Crippen molar-refractivity contribution in [1.82, 2.24) is 9.13 Å². The predicted molar refractivity (Wildman–Crippen MR) is 298 cm³/mol. The van der Waals surface area contributed by atoms with Crippen LogP contribution in [0.2, 0.25) is 0 Å². The third kappa shape index (κ3) is 6.44. The van der Waals surface area contributed by atoms with Crippen LogP contribution in [0.3, 0.4) is 0 Å². The van der Waals surface area contributed by atoms with Crippen molar-refractivity contribution in [3.8, 4) is 16.8 Å². The molecule has 0 saturated heterocycles. The average molecular weight is 917 g/mol. The van der Waals surface area contributed by atoms with Crippen LogP contribution in [0.4, 0.5) is 0 Å². The molecule has 0 fully saturated rings. The molecule has 0 radical (unpaired) electrons. The number of aromatic nitrogens is 2. The van der Waals surface area contributed by atoms with E-state index in [-0.39, 0.29) is 5.96 Å². The van der Waals surface area contributed by atoms with Crippen LogP contribution in [0.25, 0.3) is 113 Å². The molecule has 0 amide bonds. The molecule has 4 aromatic heterocycles. The van der Waals surface area contributed by atoms with Crippen molar-refractivity contribution in [2.75, 3.05) is 0 Å². The van der Waals surface area contributed by atoms with E-state index in [2.05, 4.69) is 215 Å². The minimum Gasteiger partial charge on any atom is -0.454 e. The first kappa shape index (κ1) is 40.5. The Hall–Kier alpha value is -8.58. The van der Waals surface area contributed by atoms with Crippen LogP contribution in [0.5, 0.6) is 0 Å². The third-order valence-electron chi connectivity index (χ3n) is 14.3. The molecule has 0 atom stereocenters. The Morgan fingerprint density at radius 2 is 1.31 bits per heavy atom. The molecule has 9 aromatic carbocycles.